The number of rotatable bonds is 8. The van der Waals surface area contributed by atoms with Gasteiger partial charge in [0.15, 0.2) is 11.5 Å². The van der Waals surface area contributed by atoms with Gasteiger partial charge in [-0.3, -0.25) is 4.79 Å². The maximum atomic E-state index is 12.8. The summed E-state index contributed by atoms with van der Waals surface area (Å²) in [5, 5.41) is 10.5. The fourth-order valence-electron chi connectivity index (χ4n) is 2.77. The number of sulfonamides is 1. The van der Waals surface area contributed by atoms with Crippen molar-refractivity contribution in [3.8, 4) is 23.0 Å². The molecule has 1 aromatic heterocycles. The topological polar surface area (TPSA) is 124 Å². The van der Waals surface area contributed by atoms with E-state index in [1.165, 1.54) is 52.5 Å². The molecular formula is C20H22N4O6S. The predicted octanol–water partition coefficient (Wildman–Crippen LogP) is 2.53. The Hall–Kier alpha value is -3.44. The largest absolute Gasteiger partial charge is 0.493 e. The number of carbonyl (C=O) groups excluding carboxylic acids is 1. The zero-order valence-corrected chi connectivity index (χ0v) is 18.3. The van der Waals surface area contributed by atoms with E-state index in [1.54, 1.807) is 18.2 Å². The Labute approximate surface area is 179 Å². The summed E-state index contributed by atoms with van der Waals surface area (Å²) in [7, 11) is 0.664. The maximum Gasteiger partial charge on any atom is 0.247 e. The highest BCUT2D eigenvalue weighted by Crippen LogP contribution is 2.32. The Balaban J connectivity index is 1.76. The molecule has 2 aromatic carbocycles. The molecule has 0 saturated carbocycles. The highest BCUT2D eigenvalue weighted by Gasteiger charge is 2.23. The van der Waals surface area contributed by atoms with Crippen LogP contribution in [0.1, 0.15) is 12.8 Å². The number of amides is 1. The number of nitrogens with one attached hydrogen (secondary N) is 1. The van der Waals surface area contributed by atoms with Crippen LogP contribution in [-0.4, -0.2) is 50.1 Å². The molecule has 0 aliphatic rings. The lowest BCUT2D eigenvalue weighted by molar-refractivity contribution is -0.114. The van der Waals surface area contributed by atoms with Crippen LogP contribution in [0.2, 0.25) is 0 Å². The molecule has 10 nitrogen and oxygen atoms in total. The number of aromatic nitrogens is 2. The molecule has 0 bridgehead atoms. The Kier molecular flexibility index (Phi) is 6.56. The monoisotopic (exact) mass is 446 g/mol. The van der Waals surface area contributed by atoms with E-state index in [2.05, 4.69) is 15.5 Å². The van der Waals surface area contributed by atoms with Crippen molar-refractivity contribution in [2.45, 2.75) is 18.4 Å². The molecule has 0 saturated heterocycles. The molecule has 3 rings (SSSR count). The zero-order chi connectivity index (χ0) is 22.6. The summed E-state index contributed by atoms with van der Waals surface area (Å²) in [6.45, 7) is 1.26. The van der Waals surface area contributed by atoms with Gasteiger partial charge >= 0.3 is 0 Å². The highest BCUT2D eigenvalue weighted by atomic mass is 32.2. The minimum absolute atomic E-state index is 0.0729. The summed E-state index contributed by atoms with van der Waals surface area (Å²) in [6, 6.07) is 11.0. The molecule has 0 aliphatic carbocycles. The van der Waals surface area contributed by atoms with Gasteiger partial charge in [0, 0.05) is 25.2 Å². The van der Waals surface area contributed by atoms with Crippen LogP contribution in [0, 0.1) is 0 Å². The van der Waals surface area contributed by atoms with Gasteiger partial charge in [-0.2, -0.15) is 4.31 Å². The van der Waals surface area contributed by atoms with Crippen molar-refractivity contribution in [2.75, 3.05) is 26.6 Å². The number of anilines is 1. The molecule has 11 heteroatoms. The second-order valence-electron chi connectivity index (χ2n) is 6.54. The number of hydrogen-bond donors (Lipinski definition) is 1. The van der Waals surface area contributed by atoms with Crippen molar-refractivity contribution in [1.29, 1.82) is 0 Å². The fourth-order valence-corrected chi connectivity index (χ4v) is 3.89. The quantitative estimate of drug-likeness (QED) is 0.560. The molecular weight excluding hydrogens is 424 g/mol. The highest BCUT2D eigenvalue weighted by molar-refractivity contribution is 7.89. The summed E-state index contributed by atoms with van der Waals surface area (Å²) in [5.41, 5.74) is 1.11. The number of benzene rings is 2. The van der Waals surface area contributed by atoms with E-state index in [0.29, 0.717) is 22.7 Å². The van der Waals surface area contributed by atoms with Gasteiger partial charge in [0.05, 0.1) is 25.7 Å². The lowest BCUT2D eigenvalue weighted by Gasteiger charge is -2.15. The van der Waals surface area contributed by atoms with E-state index >= 15 is 0 Å². The number of hydrogen-bond acceptors (Lipinski definition) is 8. The van der Waals surface area contributed by atoms with Crippen molar-refractivity contribution < 1.29 is 27.1 Å². The van der Waals surface area contributed by atoms with Crippen LogP contribution < -0.4 is 14.8 Å². The predicted molar refractivity (Wildman–Crippen MR) is 112 cm³/mol. The molecule has 0 atom stereocenters. The van der Waals surface area contributed by atoms with E-state index in [1.807, 2.05) is 0 Å². The molecule has 164 valence electrons. The summed E-state index contributed by atoms with van der Waals surface area (Å²) in [4.78, 5) is 11.2. The van der Waals surface area contributed by atoms with Crippen molar-refractivity contribution in [3.63, 3.8) is 0 Å². The molecule has 0 radical (unpaired) electrons. The van der Waals surface area contributed by atoms with E-state index in [-0.39, 0.29) is 29.1 Å². The molecule has 1 N–H and O–H groups in total. The first-order chi connectivity index (χ1) is 14.7. The Morgan fingerprint density at radius 2 is 1.74 bits per heavy atom. The van der Waals surface area contributed by atoms with Crippen LogP contribution in [0.3, 0.4) is 0 Å². The molecule has 0 unspecified atom stereocenters. The average molecular weight is 446 g/mol. The van der Waals surface area contributed by atoms with Crippen LogP contribution >= 0.6 is 0 Å². The summed E-state index contributed by atoms with van der Waals surface area (Å²) < 4.78 is 42.8. The van der Waals surface area contributed by atoms with Crippen molar-refractivity contribution >= 4 is 21.6 Å². The van der Waals surface area contributed by atoms with Gasteiger partial charge in [-0.15, -0.1) is 10.2 Å². The number of nitrogens with zero attached hydrogens (tertiary/aromatic N) is 3. The molecule has 1 amide bonds. The minimum atomic E-state index is -3.80. The van der Waals surface area contributed by atoms with E-state index in [0.717, 1.165) is 4.31 Å². The fraction of sp³-hybridized carbons (Fsp3) is 0.250. The van der Waals surface area contributed by atoms with Crippen LogP contribution in [0.25, 0.3) is 11.5 Å². The van der Waals surface area contributed by atoms with Gasteiger partial charge in [0.1, 0.15) is 0 Å². The molecule has 3 aromatic rings. The van der Waals surface area contributed by atoms with Crippen LogP contribution in [0.15, 0.2) is 51.8 Å². The van der Waals surface area contributed by atoms with Gasteiger partial charge in [-0.25, -0.2) is 8.42 Å². The Morgan fingerprint density at radius 3 is 2.35 bits per heavy atom. The summed E-state index contributed by atoms with van der Waals surface area (Å²) >= 11 is 0. The summed E-state index contributed by atoms with van der Waals surface area (Å²) in [5.74, 6) is 1.17. The first kappa shape index (κ1) is 22.2. The third kappa shape index (κ3) is 5.01. The third-order valence-electron chi connectivity index (χ3n) is 4.34. The standard InChI is InChI=1S/C20H22N4O6S/c1-13(25)21-15-6-8-16(9-7-15)31(26,27)24(2)12-19-22-23-20(30-19)14-5-10-17(28-3)18(11-14)29-4/h5-11H,12H2,1-4H3,(H,21,25). The molecule has 0 aliphatic heterocycles. The van der Waals surface area contributed by atoms with Crippen LogP contribution in [0.5, 0.6) is 11.5 Å². The molecule has 0 fully saturated rings. The normalized spacial score (nSPS) is 11.4. The molecule has 0 spiro atoms. The van der Waals surface area contributed by atoms with Gasteiger partial charge in [0.2, 0.25) is 27.7 Å². The number of methoxy groups -OCH3 is 2. The third-order valence-corrected chi connectivity index (χ3v) is 6.16. The van der Waals surface area contributed by atoms with Crippen LogP contribution in [0.4, 0.5) is 5.69 Å². The van der Waals surface area contributed by atoms with Gasteiger partial charge in [-0.1, -0.05) is 0 Å². The van der Waals surface area contributed by atoms with Crippen LogP contribution in [-0.2, 0) is 21.4 Å². The van der Waals surface area contributed by atoms with Crippen molar-refractivity contribution in [2.24, 2.45) is 0 Å². The second-order valence-corrected chi connectivity index (χ2v) is 8.58. The Bertz CT molecular complexity index is 1170. The lowest BCUT2D eigenvalue weighted by atomic mass is 10.2. The molecule has 31 heavy (non-hydrogen) atoms. The average Bonchev–Trinajstić information content (AvgIpc) is 3.21. The first-order valence-corrected chi connectivity index (χ1v) is 10.6. The lowest BCUT2D eigenvalue weighted by Crippen LogP contribution is -2.26. The second kappa shape index (κ2) is 9.14. The van der Waals surface area contributed by atoms with Gasteiger partial charge < -0.3 is 19.2 Å². The maximum absolute atomic E-state index is 12.8. The molecule has 1 heterocycles. The smallest absolute Gasteiger partial charge is 0.247 e. The van der Waals surface area contributed by atoms with E-state index in [4.69, 9.17) is 13.9 Å². The number of ether oxygens (including phenoxy) is 2. The first-order valence-electron chi connectivity index (χ1n) is 9.13. The van der Waals surface area contributed by atoms with E-state index < -0.39 is 10.0 Å². The van der Waals surface area contributed by atoms with Crippen molar-refractivity contribution in [1.82, 2.24) is 14.5 Å². The number of carbonyl (C=O) groups is 1. The van der Waals surface area contributed by atoms with Crippen molar-refractivity contribution in [3.05, 3.63) is 48.4 Å². The van der Waals surface area contributed by atoms with E-state index in [9.17, 15) is 13.2 Å². The van der Waals surface area contributed by atoms with Gasteiger partial charge in [-0.05, 0) is 42.5 Å². The zero-order valence-electron chi connectivity index (χ0n) is 17.4. The van der Waals surface area contributed by atoms with Gasteiger partial charge in [0.25, 0.3) is 0 Å². The minimum Gasteiger partial charge on any atom is -0.493 e. The summed E-state index contributed by atoms with van der Waals surface area (Å²) in [6.07, 6.45) is 0. The Morgan fingerprint density at radius 1 is 1.06 bits per heavy atom. The SMILES string of the molecule is COc1ccc(-c2nnc(CN(C)S(=O)(=O)c3ccc(NC(C)=O)cc3)o2)cc1OC.